The highest BCUT2D eigenvalue weighted by atomic mass is 35.5. The van der Waals surface area contributed by atoms with Crippen LogP contribution in [0.5, 0.6) is 0 Å². The monoisotopic (exact) mass is 331 g/mol. The van der Waals surface area contributed by atoms with Crippen LogP contribution in [-0.4, -0.2) is 23.8 Å². The SMILES string of the molecule is O=C(c1ccc(CN2CCCCC2)cc1)c1ccc(F)c(Cl)c1. The third-order valence-corrected chi connectivity index (χ3v) is 4.54. The lowest BCUT2D eigenvalue weighted by Crippen LogP contribution is -2.29. The quantitative estimate of drug-likeness (QED) is 0.757. The molecule has 2 nitrogen and oxygen atoms in total. The van der Waals surface area contributed by atoms with E-state index in [-0.39, 0.29) is 10.8 Å². The second kappa shape index (κ2) is 7.24. The number of halogens is 2. The van der Waals surface area contributed by atoms with Crippen LogP contribution < -0.4 is 0 Å². The van der Waals surface area contributed by atoms with E-state index in [9.17, 15) is 9.18 Å². The van der Waals surface area contributed by atoms with Crippen LogP contribution in [0.25, 0.3) is 0 Å². The van der Waals surface area contributed by atoms with Crippen molar-refractivity contribution in [2.45, 2.75) is 25.8 Å². The zero-order chi connectivity index (χ0) is 16.2. The molecule has 1 heterocycles. The Bertz CT molecular complexity index is 693. The summed E-state index contributed by atoms with van der Waals surface area (Å²) < 4.78 is 13.2. The summed E-state index contributed by atoms with van der Waals surface area (Å²) in [5.41, 5.74) is 2.20. The molecule has 2 aromatic rings. The average Bonchev–Trinajstić information content (AvgIpc) is 2.58. The van der Waals surface area contributed by atoms with E-state index in [0.29, 0.717) is 11.1 Å². The molecule has 120 valence electrons. The van der Waals surface area contributed by atoms with Crippen molar-refractivity contribution in [2.75, 3.05) is 13.1 Å². The molecular formula is C19H19ClFNO. The lowest BCUT2D eigenvalue weighted by molar-refractivity contribution is 0.103. The Labute approximate surface area is 140 Å². The highest BCUT2D eigenvalue weighted by Crippen LogP contribution is 2.19. The van der Waals surface area contributed by atoms with Crippen molar-refractivity contribution in [3.8, 4) is 0 Å². The average molecular weight is 332 g/mol. The fraction of sp³-hybridized carbons (Fsp3) is 0.316. The van der Waals surface area contributed by atoms with E-state index in [1.807, 2.05) is 24.3 Å². The number of hydrogen-bond donors (Lipinski definition) is 0. The summed E-state index contributed by atoms with van der Waals surface area (Å²) in [6, 6.07) is 11.7. The predicted molar refractivity (Wildman–Crippen MR) is 90.4 cm³/mol. The fourth-order valence-electron chi connectivity index (χ4n) is 2.94. The Morgan fingerprint density at radius 2 is 1.65 bits per heavy atom. The van der Waals surface area contributed by atoms with Crippen LogP contribution in [0.4, 0.5) is 4.39 Å². The molecule has 1 fully saturated rings. The highest BCUT2D eigenvalue weighted by Gasteiger charge is 2.13. The van der Waals surface area contributed by atoms with Crippen molar-refractivity contribution in [3.63, 3.8) is 0 Å². The Kier molecular flexibility index (Phi) is 5.09. The molecule has 0 atom stereocenters. The lowest BCUT2D eigenvalue weighted by Gasteiger charge is -2.26. The van der Waals surface area contributed by atoms with E-state index in [0.717, 1.165) is 19.6 Å². The first-order valence-corrected chi connectivity index (χ1v) is 8.32. The summed E-state index contributed by atoms with van der Waals surface area (Å²) in [5, 5.41) is -0.0300. The lowest BCUT2D eigenvalue weighted by atomic mass is 10.0. The number of hydrogen-bond acceptors (Lipinski definition) is 2. The van der Waals surface area contributed by atoms with Gasteiger partial charge in [-0.25, -0.2) is 4.39 Å². The van der Waals surface area contributed by atoms with Crippen molar-refractivity contribution in [1.29, 1.82) is 0 Å². The van der Waals surface area contributed by atoms with E-state index >= 15 is 0 Å². The minimum atomic E-state index is -0.514. The number of rotatable bonds is 4. The summed E-state index contributed by atoms with van der Waals surface area (Å²) in [6.07, 6.45) is 3.86. The Morgan fingerprint density at radius 3 is 2.30 bits per heavy atom. The zero-order valence-electron chi connectivity index (χ0n) is 12.9. The van der Waals surface area contributed by atoms with Crippen molar-refractivity contribution < 1.29 is 9.18 Å². The highest BCUT2D eigenvalue weighted by molar-refractivity contribution is 6.31. The smallest absolute Gasteiger partial charge is 0.193 e. The normalized spacial score (nSPS) is 15.6. The van der Waals surface area contributed by atoms with Crippen LogP contribution in [0.3, 0.4) is 0 Å². The van der Waals surface area contributed by atoms with E-state index in [1.165, 1.54) is 43.0 Å². The Hall–Kier alpha value is -1.71. The molecule has 1 saturated heterocycles. The molecule has 0 radical (unpaired) electrons. The van der Waals surface area contributed by atoms with Crippen molar-refractivity contribution in [3.05, 3.63) is 70.0 Å². The first-order chi connectivity index (χ1) is 11.1. The number of carbonyl (C=O) groups excluding carboxylic acids is 1. The van der Waals surface area contributed by atoms with Crippen LogP contribution in [0.2, 0.25) is 5.02 Å². The molecule has 0 saturated carbocycles. The van der Waals surface area contributed by atoms with Gasteiger partial charge in [-0.2, -0.15) is 0 Å². The largest absolute Gasteiger partial charge is 0.299 e. The minimum Gasteiger partial charge on any atom is -0.299 e. The predicted octanol–water partition coefficient (Wildman–Crippen LogP) is 4.70. The van der Waals surface area contributed by atoms with E-state index in [1.54, 1.807) is 0 Å². The zero-order valence-corrected chi connectivity index (χ0v) is 13.7. The molecule has 2 aromatic carbocycles. The molecule has 0 aliphatic carbocycles. The maximum Gasteiger partial charge on any atom is 0.193 e. The second-order valence-corrected chi connectivity index (χ2v) is 6.40. The van der Waals surface area contributed by atoms with Gasteiger partial charge in [0.2, 0.25) is 0 Å². The molecule has 0 amide bonds. The van der Waals surface area contributed by atoms with Crippen LogP contribution in [0.1, 0.15) is 40.7 Å². The van der Waals surface area contributed by atoms with E-state index in [2.05, 4.69) is 4.90 Å². The first kappa shape index (κ1) is 16.2. The van der Waals surface area contributed by atoms with Gasteiger partial charge in [-0.1, -0.05) is 42.3 Å². The van der Waals surface area contributed by atoms with Gasteiger partial charge in [0.05, 0.1) is 5.02 Å². The van der Waals surface area contributed by atoms with Gasteiger partial charge < -0.3 is 0 Å². The summed E-state index contributed by atoms with van der Waals surface area (Å²) >= 11 is 5.75. The van der Waals surface area contributed by atoms with Crippen LogP contribution >= 0.6 is 11.6 Å². The standard InChI is InChI=1S/C19H19ClFNO/c20-17-12-16(8-9-18(17)21)19(23)15-6-4-14(5-7-15)13-22-10-2-1-3-11-22/h4-9,12H,1-3,10-11,13H2. The van der Waals surface area contributed by atoms with Gasteiger partial charge in [-0.3, -0.25) is 9.69 Å². The van der Waals surface area contributed by atoms with Crippen molar-refractivity contribution in [2.24, 2.45) is 0 Å². The van der Waals surface area contributed by atoms with Gasteiger partial charge in [0.1, 0.15) is 5.82 Å². The van der Waals surface area contributed by atoms with Crippen LogP contribution in [-0.2, 0) is 6.54 Å². The molecule has 0 aromatic heterocycles. The maximum absolute atomic E-state index is 13.2. The molecule has 1 aliphatic heterocycles. The van der Waals surface area contributed by atoms with Crippen LogP contribution in [0, 0.1) is 5.82 Å². The molecule has 0 N–H and O–H groups in total. The van der Waals surface area contributed by atoms with Gasteiger partial charge in [0.25, 0.3) is 0 Å². The first-order valence-electron chi connectivity index (χ1n) is 7.94. The van der Waals surface area contributed by atoms with Crippen molar-refractivity contribution in [1.82, 2.24) is 4.90 Å². The molecule has 1 aliphatic rings. The van der Waals surface area contributed by atoms with Crippen LogP contribution in [0.15, 0.2) is 42.5 Å². The molecular weight excluding hydrogens is 313 g/mol. The van der Waals surface area contributed by atoms with E-state index < -0.39 is 5.82 Å². The molecule has 0 unspecified atom stereocenters. The second-order valence-electron chi connectivity index (χ2n) is 5.99. The van der Waals surface area contributed by atoms with Gasteiger partial charge in [0.15, 0.2) is 5.78 Å². The topological polar surface area (TPSA) is 20.3 Å². The summed E-state index contributed by atoms with van der Waals surface area (Å²) in [6.45, 7) is 3.22. The molecule has 0 bridgehead atoms. The number of piperidine rings is 1. The number of likely N-dealkylation sites (tertiary alicyclic amines) is 1. The Morgan fingerprint density at radius 1 is 1.00 bits per heavy atom. The van der Waals surface area contributed by atoms with Gasteiger partial charge in [0, 0.05) is 17.7 Å². The number of ketones is 1. The third-order valence-electron chi connectivity index (χ3n) is 4.25. The minimum absolute atomic E-state index is 0.0300. The van der Waals surface area contributed by atoms with Gasteiger partial charge >= 0.3 is 0 Å². The Balaban J connectivity index is 1.70. The molecule has 3 rings (SSSR count). The molecule has 0 spiro atoms. The summed E-state index contributed by atoms with van der Waals surface area (Å²) in [7, 11) is 0. The van der Waals surface area contributed by atoms with Crippen molar-refractivity contribution >= 4 is 17.4 Å². The fourth-order valence-corrected chi connectivity index (χ4v) is 3.12. The number of benzene rings is 2. The number of nitrogens with zero attached hydrogens (tertiary/aromatic N) is 1. The summed E-state index contributed by atoms with van der Waals surface area (Å²) in [4.78, 5) is 14.9. The van der Waals surface area contributed by atoms with E-state index in [4.69, 9.17) is 11.6 Å². The van der Waals surface area contributed by atoms with Gasteiger partial charge in [-0.15, -0.1) is 0 Å². The molecule has 4 heteroatoms. The van der Waals surface area contributed by atoms with Gasteiger partial charge in [-0.05, 0) is 49.7 Å². The molecule has 23 heavy (non-hydrogen) atoms. The third kappa shape index (κ3) is 3.98. The number of carbonyl (C=O) groups is 1. The maximum atomic E-state index is 13.2. The summed E-state index contributed by atoms with van der Waals surface area (Å²) in [5.74, 6) is -0.656.